The van der Waals surface area contributed by atoms with Crippen LogP contribution in [-0.4, -0.2) is 31.1 Å². The Morgan fingerprint density at radius 2 is 1.57 bits per heavy atom. The third kappa shape index (κ3) is 3.97. The molecule has 1 fully saturated rings. The van der Waals surface area contributed by atoms with Crippen molar-refractivity contribution < 1.29 is 18.0 Å². The molecule has 0 spiro atoms. The molecule has 1 atom stereocenters. The van der Waals surface area contributed by atoms with Crippen LogP contribution in [0.15, 0.2) is 89.8 Å². The average molecular weight is 420 g/mol. The number of carbonyl (C=O) groups is 2. The fourth-order valence-electron chi connectivity index (χ4n) is 3.51. The third-order valence-corrected chi connectivity index (χ3v) is 6.85. The van der Waals surface area contributed by atoms with Gasteiger partial charge in [-0.1, -0.05) is 54.6 Å². The highest BCUT2D eigenvalue weighted by molar-refractivity contribution is 7.89. The molecule has 1 N–H and O–H groups in total. The van der Waals surface area contributed by atoms with E-state index in [4.69, 9.17) is 0 Å². The number of rotatable bonds is 5. The summed E-state index contributed by atoms with van der Waals surface area (Å²) >= 11 is 0. The van der Waals surface area contributed by atoms with E-state index in [0.717, 1.165) is 9.87 Å². The van der Waals surface area contributed by atoms with Crippen molar-refractivity contribution in [3.05, 3.63) is 96.1 Å². The molecule has 30 heavy (non-hydrogen) atoms. The maximum atomic E-state index is 13.1. The first kappa shape index (κ1) is 19.8. The fourth-order valence-corrected chi connectivity index (χ4v) is 5.01. The monoisotopic (exact) mass is 420 g/mol. The van der Waals surface area contributed by atoms with E-state index in [1.807, 2.05) is 36.4 Å². The van der Waals surface area contributed by atoms with E-state index >= 15 is 0 Å². The summed E-state index contributed by atoms with van der Waals surface area (Å²) in [6.45, 7) is 0.0889. The van der Waals surface area contributed by atoms with Gasteiger partial charge in [-0.15, -0.1) is 0 Å². The van der Waals surface area contributed by atoms with E-state index in [9.17, 15) is 18.0 Å². The maximum absolute atomic E-state index is 13.1. The van der Waals surface area contributed by atoms with Crippen molar-refractivity contribution in [1.29, 1.82) is 0 Å². The summed E-state index contributed by atoms with van der Waals surface area (Å²) in [6.07, 6.45) is 0.136. The highest BCUT2D eigenvalue weighted by atomic mass is 32.2. The standard InChI is InChI=1S/C23H20N2O4S/c26-22-15-19(17-8-3-1-4-9-17)16-25(22)30(28,29)21-13-7-10-18(14-21)23(27)24-20-11-5-2-6-12-20/h1-14,19H,15-16H2,(H,24,27). The van der Waals surface area contributed by atoms with E-state index in [1.54, 1.807) is 24.3 Å². The Hall–Kier alpha value is -3.45. The Kier molecular flexibility index (Phi) is 5.37. The molecule has 1 heterocycles. The van der Waals surface area contributed by atoms with Crippen LogP contribution in [0.2, 0.25) is 0 Å². The van der Waals surface area contributed by atoms with Crippen molar-refractivity contribution in [2.24, 2.45) is 0 Å². The molecule has 0 aliphatic carbocycles. The zero-order chi connectivity index (χ0) is 21.1. The molecule has 2 amide bonds. The van der Waals surface area contributed by atoms with E-state index < -0.39 is 21.8 Å². The summed E-state index contributed by atoms with van der Waals surface area (Å²) in [5.41, 5.74) is 1.74. The number of hydrogen-bond acceptors (Lipinski definition) is 4. The van der Waals surface area contributed by atoms with Gasteiger partial charge < -0.3 is 5.32 Å². The quantitative estimate of drug-likeness (QED) is 0.683. The second-order valence-corrected chi connectivity index (χ2v) is 8.95. The van der Waals surface area contributed by atoms with Crippen LogP contribution in [0.25, 0.3) is 0 Å². The fraction of sp³-hybridized carbons (Fsp3) is 0.130. The van der Waals surface area contributed by atoms with Gasteiger partial charge in [0.25, 0.3) is 15.9 Å². The van der Waals surface area contributed by atoms with Gasteiger partial charge in [0, 0.05) is 30.1 Å². The van der Waals surface area contributed by atoms with Crippen LogP contribution in [-0.2, 0) is 14.8 Å². The van der Waals surface area contributed by atoms with Crippen molar-refractivity contribution in [1.82, 2.24) is 4.31 Å². The number of carbonyl (C=O) groups excluding carboxylic acids is 2. The van der Waals surface area contributed by atoms with Gasteiger partial charge in [0.05, 0.1) is 4.90 Å². The minimum atomic E-state index is -4.05. The molecule has 3 aromatic rings. The van der Waals surface area contributed by atoms with Gasteiger partial charge in [0.1, 0.15) is 0 Å². The molecule has 0 bridgehead atoms. The molecule has 152 valence electrons. The molecule has 1 unspecified atom stereocenters. The zero-order valence-electron chi connectivity index (χ0n) is 16.1. The summed E-state index contributed by atoms with van der Waals surface area (Å²) in [7, 11) is -4.05. The van der Waals surface area contributed by atoms with Crippen molar-refractivity contribution >= 4 is 27.5 Å². The molecule has 3 aromatic carbocycles. The second-order valence-electron chi connectivity index (χ2n) is 7.09. The molecular weight excluding hydrogens is 400 g/mol. The summed E-state index contributed by atoms with van der Waals surface area (Å²) in [6, 6.07) is 24.0. The third-order valence-electron chi connectivity index (χ3n) is 5.07. The van der Waals surface area contributed by atoms with Crippen LogP contribution in [0.1, 0.15) is 28.3 Å². The topological polar surface area (TPSA) is 83.6 Å². The Balaban J connectivity index is 1.57. The van der Waals surface area contributed by atoms with Crippen LogP contribution in [0.4, 0.5) is 5.69 Å². The molecule has 0 radical (unpaired) electrons. The van der Waals surface area contributed by atoms with E-state index in [1.165, 1.54) is 24.3 Å². The van der Waals surface area contributed by atoms with Crippen LogP contribution in [0, 0.1) is 0 Å². The summed E-state index contributed by atoms with van der Waals surface area (Å²) in [4.78, 5) is 25.0. The van der Waals surface area contributed by atoms with Crippen LogP contribution >= 0.6 is 0 Å². The largest absolute Gasteiger partial charge is 0.322 e. The van der Waals surface area contributed by atoms with E-state index in [0.29, 0.717) is 5.69 Å². The first-order chi connectivity index (χ1) is 14.4. The molecule has 0 saturated carbocycles. The predicted molar refractivity (Wildman–Crippen MR) is 114 cm³/mol. The van der Waals surface area contributed by atoms with Gasteiger partial charge >= 0.3 is 0 Å². The average Bonchev–Trinajstić information content (AvgIpc) is 3.18. The molecule has 0 aromatic heterocycles. The number of nitrogens with zero attached hydrogens (tertiary/aromatic N) is 1. The van der Waals surface area contributed by atoms with Gasteiger partial charge in [-0.05, 0) is 35.9 Å². The molecule has 4 rings (SSSR count). The minimum absolute atomic E-state index is 0.0785. The molecule has 1 saturated heterocycles. The van der Waals surface area contributed by atoms with Crippen LogP contribution in [0.5, 0.6) is 0 Å². The highest BCUT2D eigenvalue weighted by Gasteiger charge is 2.39. The molecular formula is C23H20N2O4S. The van der Waals surface area contributed by atoms with Crippen molar-refractivity contribution in [3.63, 3.8) is 0 Å². The van der Waals surface area contributed by atoms with Gasteiger partial charge in [-0.3, -0.25) is 9.59 Å². The van der Waals surface area contributed by atoms with Gasteiger partial charge in [0.2, 0.25) is 5.91 Å². The van der Waals surface area contributed by atoms with Gasteiger partial charge in [0.15, 0.2) is 0 Å². The Bertz CT molecular complexity index is 1180. The van der Waals surface area contributed by atoms with E-state index in [-0.39, 0.29) is 29.3 Å². The smallest absolute Gasteiger partial charge is 0.266 e. The predicted octanol–water partition coefficient (Wildman–Crippen LogP) is 3.64. The Labute approximate surface area is 175 Å². The number of sulfonamides is 1. The van der Waals surface area contributed by atoms with E-state index in [2.05, 4.69) is 5.32 Å². The van der Waals surface area contributed by atoms with Gasteiger partial charge in [-0.25, -0.2) is 12.7 Å². The van der Waals surface area contributed by atoms with Gasteiger partial charge in [-0.2, -0.15) is 0 Å². The zero-order valence-corrected chi connectivity index (χ0v) is 16.9. The summed E-state index contributed by atoms with van der Waals surface area (Å²) in [5.74, 6) is -1.05. The number of amides is 2. The Morgan fingerprint density at radius 3 is 2.27 bits per heavy atom. The SMILES string of the molecule is O=C(Nc1ccccc1)c1cccc(S(=O)(=O)N2CC(c3ccccc3)CC2=O)c1. The van der Waals surface area contributed by atoms with Crippen molar-refractivity contribution in [2.75, 3.05) is 11.9 Å². The number of benzene rings is 3. The van der Waals surface area contributed by atoms with Crippen LogP contribution in [0.3, 0.4) is 0 Å². The summed E-state index contributed by atoms with van der Waals surface area (Å²) in [5, 5.41) is 2.73. The first-order valence-corrected chi connectivity index (χ1v) is 11.0. The lowest BCUT2D eigenvalue weighted by molar-refractivity contribution is -0.123. The first-order valence-electron chi connectivity index (χ1n) is 9.52. The second kappa shape index (κ2) is 8.12. The lowest BCUT2D eigenvalue weighted by atomic mass is 9.99. The number of para-hydroxylation sites is 1. The number of anilines is 1. The lowest BCUT2D eigenvalue weighted by Gasteiger charge is -2.18. The molecule has 7 heteroatoms. The van der Waals surface area contributed by atoms with Crippen molar-refractivity contribution in [2.45, 2.75) is 17.2 Å². The van der Waals surface area contributed by atoms with Crippen molar-refractivity contribution in [3.8, 4) is 0 Å². The highest BCUT2D eigenvalue weighted by Crippen LogP contribution is 2.32. The molecule has 6 nitrogen and oxygen atoms in total. The normalized spacial score (nSPS) is 16.5. The minimum Gasteiger partial charge on any atom is -0.322 e. The molecule has 1 aliphatic rings. The number of hydrogen-bond donors (Lipinski definition) is 1. The summed E-state index contributed by atoms with van der Waals surface area (Å²) < 4.78 is 27.2. The maximum Gasteiger partial charge on any atom is 0.266 e. The molecule has 1 aliphatic heterocycles. The number of nitrogens with one attached hydrogen (secondary N) is 1. The van der Waals surface area contributed by atoms with Crippen LogP contribution < -0.4 is 5.32 Å². The lowest BCUT2D eigenvalue weighted by Crippen LogP contribution is -2.32. The Morgan fingerprint density at radius 1 is 0.900 bits per heavy atom.